The van der Waals surface area contributed by atoms with Crippen LogP contribution in [0.4, 0.5) is 8.78 Å². The van der Waals surface area contributed by atoms with Crippen LogP contribution in [-0.4, -0.2) is 22.4 Å². The number of hydrogen-bond acceptors (Lipinski definition) is 3. The molecule has 4 nitrogen and oxygen atoms in total. The third-order valence-electron chi connectivity index (χ3n) is 4.03. The van der Waals surface area contributed by atoms with Crippen molar-refractivity contribution in [2.75, 3.05) is 6.54 Å². The fourth-order valence-corrected chi connectivity index (χ4v) is 2.52. The van der Waals surface area contributed by atoms with Gasteiger partial charge in [-0.2, -0.15) is 0 Å². The Hall–Kier alpha value is -2.89. The van der Waals surface area contributed by atoms with E-state index in [9.17, 15) is 13.6 Å². The SMILES string of the molecule is Cc1nc2ccc(C(=O)NCCc3cc(F)ccc3F)cc2nc1C. The molecule has 0 saturated heterocycles. The van der Waals surface area contributed by atoms with Crippen molar-refractivity contribution < 1.29 is 13.6 Å². The van der Waals surface area contributed by atoms with E-state index in [0.717, 1.165) is 35.1 Å². The molecule has 3 rings (SSSR count). The number of aryl methyl sites for hydroxylation is 2. The van der Waals surface area contributed by atoms with E-state index in [1.165, 1.54) is 0 Å². The van der Waals surface area contributed by atoms with Gasteiger partial charge in [-0.1, -0.05) is 0 Å². The summed E-state index contributed by atoms with van der Waals surface area (Å²) in [4.78, 5) is 21.1. The highest BCUT2D eigenvalue weighted by molar-refractivity contribution is 5.97. The second-order valence-corrected chi connectivity index (χ2v) is 5.84. The van der Waals surface area contributed by atoms with Crippen molar-refractivity contribution in [2.24, 2.45) is 0 Å². The van der Waals surface area contributed by atoms with Gasteiger partial charge in [-0.05, 0) is 62.2 Å². The van der Waals surface area contributed by atoms with Crippen molar-refractivity contribution in [3.8, 4) is 0 Å². The lowest BCUT2D eigenvalue weighted by Crippen LogP contribution is -2.26. The maximum absolute atomic E-state index is 13.6. The predicted octanol–water partition coefficient (Wildman–Crippen LogP) is 3.50. The van der Waals surface area contributed by atoms with Crippen molar-refractivity contribution in [2.45, 2.75) is 20.3 Å². The summed E-state index contributed by atoms with van der Waals surface area (Å²) in [5, 5.41) is 2.71. The largest absolute Gasteiger partial charge is 0.352 e. The quantitative estimate of drug-likeness (QED) is 0.790. The van der Waals surface area contributed by atoms with Crippen molar-refractivity contribution in [1.82, 2.24) is 15.3 Å². The molecule has 0 aliphatic carbocycles. The zero-order chi connectivity index (χ0) is 18.0. The lowest BCUT2D eigenvalue weighted by atomic mass is 10.1. The predicted molar refractivity (Wildman–Crippen MR) is 91.4 cm³/mol. The molecule has 1 aromatic heterocycles. The highest BCUT2D eigenvalue weighted by Gasteiger charge is 2.09. The normalized spacial score (nSPS) is 10.9. The highest BCUT2D eigenvalue weighted by Crippen LogP contribution is 2.15. The zero-order valence-electron chi connectivity index (χ0n) is 13.9. The minimum atomic E-state index is -0.499. The topological polar surface area (TPSA) is 54.9 Å². The van der Waals surface area contributed by atoms with E-state index in [2.05, 4.69) is 15.3 Å². The van der Waals surface area contributed by atoms with E-state index in [1.54, 1.807) is 18.2 Å². The first-order valence-corrected chi connectivity index (χ1v) is 7.91. The number of nitrogens with zero attached hydrogens (tertiary/aromatic N) is 2. The number of hydrogen-bond donors (Lipinski definition) is 1. The van der Waals surface area contributed by atoms with Crippen LogP contribution in [-0.2, 0) is 6.42 Å². The molecule has 0 spiro atoms. The van der Waals surface area contributed by atoms with Gasteiger partial charge in [0.2, 0.25) is 0 Å². The number of aromatic nitrogens is 2. The van der Waals surface area contributed by atoms with E-state index in [0.29, 0.717) is 11.1 Å². The Morgan fingerprint density at radius 1 is 1.00 bits per heavy atom. The molecule has 1 heterocycles. The molecule has 0 saturated carbocycles. The number of carbonyl (C=O) groups is 1. The van der Waals surface area contributed by atoms with Crippen LogP contribution in [0, 0.1) is 25.5 Å². The first kappa shape index (κ1) is 17.0. The van der Waals surface area contributed by atoms with E-state index < -0.39 is 11.6 Å². The third kappa shape index (κ3) is 3.79. The fraction of sp³-hybridized carbons (Fsp3) is 0.211. The maximum atomic E-state index is 13.6. The monoisotopic (exact) mass is 341 g/mol. The van der Waals surface area contributed by atoms with E-state index >= 15 is 0 Å². The second-order valence-electron chi connectivity index (χ2n) is 5.84. The van der Waals surface area contributed by atoms with Gasteiger partial charge < -0.3 is 5.32 Å². The van der Waals surface area contributed by atoms with Crippen molar-refractivity contribution in [3.05, 3.63) is 70.5 Å². The van der Waals surface area contributed by atoms with Crippen molar-refractivity contribution in [3.63, 3.8) is 0 Å². The molecule has 25 heavy (non-hydrogen) atoms. The third-order valence-corrected chi connectivity index (χ3v) is 4.03. The summed E-state index contributed by atoms with van der Waals surface area (Å²) >= 11 is 0. The average Bonchev–Trinajstić information content (AvgIpc) is 2.58. The Morgan fingerprint density at radius 3 is 2.48 bits per heavy atom. The molecule has 0 unspecified atom stereocenters. The molecular weight excluding hydrogens is 324 g/mol. The van der Waals surface area contributed by atoms with Gasteiger partial charge >= 0.3 is 0 Å². The fourth-order valence-electron chi connectivity index (χ4n) is 2.52. The standard InChI is InChI=1S/C19H17F2N3O/c1-11-12(2)24-18-10-14(3-6-17(18)23-11)19(25)22-8-7-13-9-15(20)4-5-16(13)21/h3-6,9-10H,7-8H2,1-2H3,(H,22,25). The second kappa shape index (κ2) is 6.93. The van der Waals surface area contributed by atoms with Gasteiger partial charge in [-0.3, -0.25) is 4.79 Å². The molecule has 0 bridgehead atoms. The van der Waals surface area contributed by atoms with Crippen LogP contribution in [0.1, 0.15) is 27.3 Å². The number of carbonyl (C=O) groups excluding carboxylic acids is 1. The van der Waals surface area contributed by atoms with Gasteiger partial charge in [0.15, 0.2) is 0 Å². The number of amides is 1. The maximum Gasteiger partial charge on any atom is 0.251 e. The van der Waals surface area contributed by atoms with Crippen LogP contribution in [0.15, 0.2) is 36.4 Å². The molecule has 0 aliphatic rings. The lowest BCUT2D eigenvalue weighted by molar-refractivity contribution is 0.0954. The summed E-state index contributed by atoms with van der Waals surface area (Å²) in [5.74, 6) is -1.28. The number of nitrogens with one attached hydrogen (secondary N) is 1. The van der Waals surface area contributed by atoms with Gasteiger partial charge in [-0.25, -0.2) is 18.7 Å². The zero-order valence-corrected chi connectivity index (χ0v) is 13.9. The molecule has 0 radical (unpaired) electrons. The molecule has 0 fully saturated rings. The molecule has 1 amide bonds. The van der Waals surface area contributed by atoms with Crippen LogP contribution in [0.2, 0.25) is 0 Å². The van der Waals surface area contributed by atoms with Gasteiger partial charge in [0.1, 0.15) is 11.6 Å². The van der Waals surface area contributed by atoms with Crippen LogP contribution >= 0.6 is 0 Å². The average molecular weight is 341 g/mol. The summed E-state index contributed by atoms with van der Waals surface area (Å²) in [7, 11) is 0. The van der Waals surface area contributed by atoms with Crippen LogP contribution in [0.3, 0.4) is 0 Å². The molecule has 6 heteroatoms. The summed E-state index contributed by atoms with van der Waals surface area (Å²) in [6.07, 6.45) is 0.209. The number of benzene rings is 2. The first-order valence-electron chi connectivity index (χ1n) is 7.91. The summed E-state index contributed by atoms with van der Waals surface area (Å²) in [6.45, 7) is 3.95. The Labute approximate surface area is 143 Å². The number of rotatable bonds is 4. The van der Waals surface area contributed by atoms with Gasteiger partial charge in [0.05, 0.1) is 22.4 Å². The highest BCUT2D eigenvalue weighted by atomic mass is 19.1. The molecule has 3 aromatic rings. The number of fused-ring (bicyclic) bond motifs is 1. The smallest absolute Gasteiger partial charge is 0.251 e. The molecule has 2 aromatic carbocycles. The van der Waals surface area contributed by atoms with Crippen molar-refractivity contribution >= 4 is 16.9 Å². The molecule has 128 valence electrons. The minimum Gasteiger partial charge on any atom is -0.352 e. The Balaban J connectivity index is 1.70. The van der Waals surface area contributed by atoms with E-state index in [-0.39, 0.29) is 24.4 Å². The van der Waals surface area contributed by atoms with E-state index in [4.69, 9.17) is 0 Å². The summed E-state index contributed by atoms with van der Waals surface area (Å²) in [6, 6.07) is 8.38. The first-order chi connectivity index (χ1) is 11.9. The van der Waals surface area contributed by atoms with Gasteiger partial charge in [0, 0.05) is 12.1 Å². The Kier molecular flexibility index (Phi) is 4.70. The van der Waals surface area contributed by atoms with Crippen molar-refractivity contribution in [1.29, 1.82) is 0 Å². The lowest BCUT2D eigenvalue weighted by Gasteiger charge is -2.08. The summed E-state index contributed by atoms with van der Waals surface area (Å²) < 4.78 is 26.7. The number of halogens is 2. The van der Waals surface area contributed by atoms with Gasteiger partial charge in [-0.15, -0.1) is 0 Å². The molecule has 1 N–H and O–H groups in total. The van der Waals surface area contributed by atoms with Crippen LogP contribution in [0.25, 0.3) is 11.0 Å². The Bertz CT molecular complexity index is 957. The minimum absolute atomic E-state index is 0.204. The van der Waals surface area contributed by atoms with E-state index in [1.807, 2.05) is 13.8 Å². The van der Waals surface area contributed by atoms with Crippen LogP contribution in [0.5, 0.6) is 0 Å². The Morgan fingerprint density at radius 2 is 1.72 bits per heavy atom. The van der Waals surface area contributed by atoms with Crippen LogP contribution < -0.4 is 5.32 Å². The summed E-state index contributed by atoms with van der Waals surface area (Å²) in [5.41, 5.74) is 3.71. The molecular formula is C19H17F2N3O. The van der Waals surface area contributed by atoms with Gasteiger partial charge in [0.25, 0.3) is 5.91 Å². The molecule has 0 aliphatic heterocycles. The molecule has 0 atom stereocenters.